The summed E-state index contributed by atoms with van der Waals surface area (Å²) in [5.74, 6) is 0. The zero-order valence-electron chi connectivity index (χ0n) is 12.6. The smallest absolute Gasteiger partial charge is 0.321 e. The van der Waals surface area contributed by atoms with Crippen LogP contribution in [0, 0.1) is 0 Å². The summed E-state index contributed by atoms with van der Waals surface area (Å²) in [6.45, 7) is 2.11. The molecule has 1 saturated carbocycles. The van der Waals surface area contributed by atoms with Crippen LogP contribution in [0.1, 0.15) is 44.2 Å². The molecule has 0 saturated heterocycles. The van der Waals surface area contributed by atoms with Gasteiger partial charge in [0.15, 0.2) is 0 Å². The zero-order valence-corrected chi connectivity index (χ0v) is 12.6. The molecule has 1 aromatic carbocycles. The van der Waals surface area contributed by atoms with E-state index >= 15 is 0 Å². The van der Waals surface area contributed by atoms with Crippen LogP contribution in [0.15, 0.2) is 24.3 Å². The van der Waals surface area contributed by atoms with Gasteiger partial charge in [0.2, 0.25) is 0 Å². The van der Waals surface area contributed by atoms with Gasteiger partial charge in [-0.2, -0.15) is 0 Å². The molecule has 2 amide bonds. The molecule has 2 N–H and O–H groups in total. The Hall–Kier alpha value is -1.55. The van der Waals surface area contributed by atoms with Crippen molar-refractivity contribution in [2.75, 3.05) is 19.4 Å². The minimum atomic E-state index is -0.00804. The number of rotatable bonds is 4. The van der Waals surface area contributed by atoms with Crippen molar-refractivity contribution in [2.24, 2.45) is 0 Å². The number of nitrogens with one attached hydrogen (secondary N) is 2. The van der Waals surface area contributed by atoms with E-state index in [2.05, 4.69) is 17.6 Å². The summed E-state index contributed by atoms with van der Waals surface area (Å²) in [4.78, 5) is 14.0. The van der Waals surface area contributed by atoms with Gasteiger partial charge in [-0.3, -0.25) is 0 Å². The molecule has 0 spiro atoms. The number of urea groups is 1. The number of carbonyl (C=O) groups is 1. The normalized spacial score (nSPS) is 16.9. The molecule has 110 valence electrons. The van der Waals surface area contributed by atoms with Crippen molar-refractivity contribution in [3.05, 3.63) is 29.8 Å². The first-order chi connectivity index (χ1) is 9.61. The Morgan fingerprint density at radius 1 is 1.25 bits per heavy atom. The van der Waals surface area contributed by atoms with Gasteiger partial charge in [-0.25, -0.2) is 4.79 Å². The monoisotopic (exact) mass is 275 g/mol. The van der Waals surface area contributed by atoms with E-state index in [1.165, 1.54) is 18.4 Å². The number of amides is 2. The van der Waals surface area contributed by atoms with Crippen LogP contribution in [-0.4, -0.2) is 31.1 Å². The van der Waals surface area contributed by atoms with E-state index in [9.17, 15) is 4.79 Å². The molecule has 1 atom stereocenters. The fourth-order valence-electron chi connectivity index (χ4n) is 2.69. The Morgan fingerprint density at radius 2 is 1.85 bits per heavy atom. The minimum Gasteiger partial charge on any atom is -0.325 e. The zero-order chi connectivity index (χ0) is 14.5. The summed E-state index contributed by atoms with van der Waals surface area (Å²) >= 11 is 0. The molecule has 20 heavy (non-hydrogen) atoms. The molecule has 1 aliphatic carbocycles. The Morgan fingerprint density at radius 3 is 2.40 bits per heavy atom. The Kier molecular flexibility index (Phi) is 5.01. The average molecular weight is 275 g/mol. The van der Waals surface area contributed by atoms with Crippen molar-refractivity contribution in [3.8, 4) is 0 Å². The van der Waals surface area contributed by atoms with Crippen LogP contribution in [0.4, 0.5) is 10.5 Å². The van der Waals surface area contributed by atoms with Gasteiger partial charge in [0, 0.05) is 24.8 Å². The topological polar surface area (TPSA) is 44.4 Å². The molecule has 0 radical (unpaired) electrons. The van der Waals surface area contributed by atoms with Gasteiger partial charge in [0.25, 0.3) is 0 Å². The fourth-order valence-corrected chi connectivity index (χ4v) is 2.69. The molecule has 4 nitrogen and oxygen atoms in total. The van der Waals surface area contributed by atoms with E-state index in [1.807, 2.05) is 43.3 Å². The quantitative estimate of drug-likeness (QED) is 0.885. The molecule has 1 unspecified atom stereocenters. The average Bonchev–Trinajstić information content (AvgIpc) is 3.00. The molecule has 0 aromatic heterocycles. The number of hydrogen-bond acceptors (Lipinski definition) is 2. The summed E-state index contributed by atoms with van der Waals surface area (Å²) in [5, 5.41) is 6.17. The van der Waals surface area contributed by atoms with Gasteiger partial charge in [-0.15, -0.1) is 0 Å². The molecule has 0 bridgehead atoms. The molecule has 2 rings (SSSR count). The third-order valence-corrected chi connectivity index (χ3v) is 4.29. The second-order valence-electron chi connectivity index (χ2n) is 5.61. The van der Waals surface area contributed by atoms with Gasteiger partial charge < -0.3 is 15.5 Å². The maximum Gasteiger partial charge on any atom is 0.321 e. The molecule has 1 aliphatic rings. The highest BCUT2D eigenvalue weighted by atomic mass is 16.2. The summed E-state index contributed by atoms with van der Waals surface area (Å²) in [6.07, 6.45) is 4.73. The van der Waals surface area contributed by atoms with E-state index < -0.39 is 0 Å². The van der Waals surface area contributed by atoms with E-state index in [-0.39, 0.29) is 6.03 Å². The van der Waals surface area contributed by atoms with Crippen molar-refractivity contribution in [1.82, 2.24) is 10.2 Å². The van der Waals surface area contributed by atoms with Crippen LogP contribution in [-0.2, 0) is 0 Å². The molecule has 1 fully saturated rings. The number of carbonyl (C=O) groups excluding carboxylic acids is 1. The lowest BCUT2D eigenvalue weighted by Crippen LogP contribution is -2.38. The van der Waals surface area contributed by atoms with Crippen molar-refractivity contribution < 1.29 is 4.79 Å². The molecular formula is C16H25N3O. The van der Waals surface area contributed by atoms with E-state index in [0.29, 0.717) is 12.1 Å². The van der Waals surface area contributed by atoms with E-state index in [0.717, 1.165) is 18.5 Å². The second kappa shape index (κ2) is 6.75. The second-order valence-corrected chi connectivity index (χ2v) is 5.61. The molecule has 1 aromatic rings. The summed E-state index contributed by atoms with van der Waals surface area (Å²) in [7, 11) is 3.83. The summed E-state index contributed by atoms with van der Waals surface area (Å²) < 4.78 is 0. The lowest BCUT2D eigenvalue weighted by molar-refractivity contribution is 0.205. The SMILES string of the molecule is CNC(C)c1ccc(NC(=O)N(C)C2CCCC2)cc1. The highest BCUT2D eigenvalue weighted by Gasteiger charge is 2.23. The maximum absolute atomic E-state index is 12.2. The van der Waals surface area contributed by atoms with Gasteiger partial charge in [-0.1, -0.05) is 25.0 Å². The summed E-state index contributed by atoms with van der Waals surface area (Å²) in [6, 6.07) is 8.73. The van der Waals surface area contributed by atoms with Gasteiger partial charge in [0.1, 0.15) is 0 Å². The van der Waals surface area contributed by atoms with Crippen molar-refractivity contribution in [1.29, 1.82) is 0 Å². The first-order valence-electron chi connectivity index (χ1n) is 7.43. The lowest BCUT2D eigenvalue weighted by atomic mass is 10.1. The van der Waals surface area contributed by atoms with Crippen LogP contribution < -0.4 is 10.6 Å². The van der Waals surface area contributed by atoms with Gasteiger partial charge >= 0.3 is 6.03 Å². The number of anilines is 1. The standard InChI is InChI=1S/C16H25N3O/c1-12(17-2)13-8-10-14(11-9-13)18-16(20)19(3)15-6-4-5-7-15/h8-12,15,17H,4-7H2,1-3H3,(H,18,20). The Bertz CT molecular complexity index is 438. The molecule has 4 heteroatoms. The highest BCUT2D eigenvalue weighted by Crippen LogP contribution is 2.23. The number of nitrogens with zero attached hydrogens (tertiary/aromatic N) is 1. The first kappa shape index (κ1) is 14.9. The maximum atomic E-state index is 12.2. The molecular weight excluding hydrogens is 250 g/mol. The molecule has 0 aliphatic heterocycles. The fraction of sp³-hybridized carbons (Fsp3) is 0.562. The predicted octanol–water partition coefficient (Wildman–Crippen LogP) is 3.37. The Labute approximate surface area is 121 Å². The third-order valence-electron chi connectivity index (χ3n) is 4.29. The van der Waals surface area contributed by atoms with Crippen LogP contribution in [0.5, 0.6) is 0 Å². The van der Waals surface area contributed by atoms with Gasteiger partial charge in [0.05, 0.1) is 0 Å². The van der Waals surface area contributed by atoms with Crippen molar-refractivity contribution in [3.63, 3.8) is 0 Å². The van der Waals surface area contributed by atoms with Crippen LogP contribution in [0.25, 0.3) is 0 Å². The van der Waals surface area contributed by atoms with Crippen LogP contribution in [0.2, 0.25) is 0 Å². The molecule has 0 heterocycles. The third kappa shape index (κ3) is 3.51. The predicted molar refractivity (Wildman–Crippen MR) is 83.0 cm³/mol. The van der Waals surface area contributed by atoms with Crippen molar-refractivity contribution in [2.45, 2.75) is 44.7 Å². The van der Waals surface area contributed by atoms with Crippen molar-refractivity contribution >= 4 is 11.7 Å². The number of benzene rings is 1. The van der Waals surface area contributed by atoms with Gasteiger partial charge in [-0.05, 0) is 44.5 Å². The highest BCUT2D eigenvalue weighted by molar-refractivity contribution is 5.89. The number of hydrogen-bond donors (Lipinski definition) is 2. The van der Waals surface area contributed by atoms with Crippen LogP contribution in [0.3, 0.4) is 0 Å². The lowest BCUT2D eigenvalue weighted by Gasteiger charge is -2.24. The summed E-state index contributed by atoms with van der Waals surface area (Å²) in [5.41, 5.74) is 2.07. The first-order valence-corrected chi connectivity index (χ1v) is 7.43. The Balaban J connectivity index is 1.93. The minimum absolute atomic E-state index is 0.00804. The van der Waals surface area contributed by atoms with E-state index in [4.69, 9.17) is 0 Å². The van der Waals surface area contributed by atoms with Crippen LogP contribution >= 0.6 is 0 Å². The largest absolute Gasteiger partial charge is 0.325 e. The van der Waals surface area contributed by atoms with E-state index in [1.54, 1.807) is 0 Å².